The zero-order chi connectivity index (χ0) is 26.8. The Balaban J connectivity index is 1.58. The van der Waals surface area contributed by atoms with Crippen molar-refractivity contribution in [3.63, 3.8) is 0 Å². The van der Waals surface area contributed by atoms with E-state index in [1.54, 1.807) is 4.90 Å². The van der Waals surface area contributed by atoms with E-state index in [4.69, 9.17) is 5.41 Å². The molecule has 1 saturated heterocycles. The van der Waals surface area contributed by atoms with Gasteiger partial charge in [0.15, 0.2) is 0 Å². The first-order valence-corrected chi connectivity index (χ1v) is 12.8. The Hall–Kier alpha value is -4.52. The van der Waals surface area contributed by atoms with E-state index in [9.17, 15) is 10.2 Å². The van der Waals surface area contributed by atoms with E-state index < -0.39 is 0 Å². The van der Waals surface area contributed by atoms with Crippen LogP contribution in [0.4, 0.5) is 0 Å². The fourth-order valence-corrected chi connectivity index (χ4v) is 5.25. The molecule has 1 fully saturated rings. The lowest BCUT2D eigenvalue weighted by Crippen LogP contribution is -2.50. The standard InChI is InChI=1S/C31H32N6O/c1-4-29(38)36-12-14-37(15-13-36)31(33)25-18-23(30-20(2)10-11-28-26(30)19-34-35-28)21(3)16-24(25)27(32)17-22-8-6-5-7-9-22/h4-11,16,18-19,32-33H,1,12-15,17H2,2-3H3,(H,34,35). The number of hydrogen-bond acceptors (Lipinski definition) is 4. The average molecular weight is 505 g/mol. The lowest BCUT2D eigenvalue weighted by molar-refractivity contribution is -0.127. The summed E-state index contributed by atoms with van der Waals surface area (Å²) in [5.74, 6) is 0.296. The van der Waals surface area contributed by atoms with Gasteiger partial charge in [0.1, 0.15) is 5.84 Å². The highest BCUT2D eigenvalue weighted by Gasteiger charge is 2.25. The molecule has 5 rings (SSSR count). The molecule has 4 aromatic rings. The molecule has 1 aliphatic heterocycles. The number of amidine groups is 1. The highest BCUT2D eigenvalue weighted by molar-refractivity contribution is 6.12. The Bertz CT molecular complexity index is 1540. The number of carbonyl (C=O) groups is 1. The zero-order valence-electron chi connectivity index (χ0n) is 21.8. The van der Waals surface area contributed by atoms with E-state index in [1.165, 1.54) is 6.08 Å². The molecule has 0 atom stereocenters. The number of piperazine rings is 1. The summed E-state index contributed by atoms with van der Waals surface area (Å²) >= 11 is 0. The molecule has 0 radical (unpaired) electrons. The second-order valence-electron chi connectivity index (χ2n) is 9.81. The number of aromatic amines is 1. The molecule has 1 aromatic heterocycles. The van der Waals surface area contributed by atoms with Gasteiger partial charge in [0, 0.05) is 54.8 Å². The van der Waals surface area contributed by atoms with Gasteiger partial charge in [-0.3, -0.25) is 15.3 Å². The van der Waals surface area contributed by atoms with E-state index in [0.29, 0.717) is 44.1 Å². The summed E-state index contributed by atoms with van der Waals surface area (Å²) in [5.41, 5.74) is 8.30. The highest BCUT2D eigenvalue weighted by atomic mass is 16.2. The van der Waals surface area contributed by atoms with Crippen molar-refractivity contribution in [1.82, 2.24) is 20.0 Å². The van der Waals surface area contributed by atoms with Crippen LogP contribution in [0.3, 0.4) is 0 Å². The van der Waals surface area contributed by atoms with Gasteiger partial charge in [0.25, 0.3) is 0 Å². The number of benzene rings is 3. The summed E-state index contributed by atoms with van der Waals surface area (Å²) in [5, 5.41) is 26.7. The molecule has 1 amide bonds. The molecule has 1 aliphatic rings. The van der Waals surface area contributed by atoms with Gasteiger partial charge >= 0.3 is 0 Å². The smallest absolute Gasteiger partial charge is 0.246 e. The molecule has 7 heteroatoms. The topological polar surface area (TPSA) is 99.9 Å². The lowest BCUT2D eigenvalue weighted by Gasteiger charge is -2.36. The first kappa shape index (κ1) is 25.1. The third-order valence-corrected chi connectivity index (χ3v) is 7.35. The van der Waals surface area contributed by atoms with Gasteiger partial charge in [-0.05, 0) is 65.9 Å². The number of carbonyl (C=O) groups excluding carboxylic acids is 1. The van der Waals surface area contributed by atoms with Crippen molar-refractivity contribution in [2.24, 2.45) is 0 Å². The lowest BCUT2D eigenvalue weighted by atomic mass is 9.87. The van der Waals surface area contributed by atoms with Gasteiger partial charge in [-0.2, -0.15) is 5.10 Å². The van der Waals surface area contributed by atoms with E-state index in [2.05, 4.69) is 48.8 Å². The van der Waals surface area contributed by atoms with E-state index >= 15 is 0 Å². The first-order chi connectivity index (χ1) is 18.4. The minimum Gasteiger partial charge on any atom is -0.353 e. The second kappa shape index (κ2) is 10.5. The van der Waals surface area contributed by atoms with Crippen LogP contribution in [0.5, 0.6) is 0 Å². The minimum atomic E-state index is -0.0807. The summed E-state index contributed by atoms with van der Waals surface area (Å²) in [6.45, 7) is 9.95. The Kier molecular flexibility index (Phi) is 6.92. The molecule has 2 heterocycles. The highest BCUT2D eigenvalue weighted by Crippen LogP contribution is 2.35. The quantitative estimate of drug-likeness (QED) is 0.193. The van der Waals surface area contributed by atoms with Gasteiger partial charge in [-0.25, -0.2) is 0 Å². The molecular formula is C31H32N6O. The van der Waals surface area contributed by atoms with Crippen LogP contribution < -0.4 is 0 Å². The largest absolute Gasteiger partial charge is 0.353 e. The number of amides is 1. The van der Waals surface area contributed by atoms with E-state index in [0.717, 1.165) is 49.8 Å². The molecular weight excluding hydrogens is 472 g/mol. The molecule has 0 spiro atoms. The number of nitrogens with one attached hydrogen (secondary N) is 3. The molecule has 0 aliphatic carbocycles. The fourth-order valence-electron chi connectivity index (χ4n) is 5.25. The molecule has 192 valence electrons. The first-order valence-electron chi connectivity index (χ1n) is 12.8. The summed E-state index contributed by atoms with van der Waals surface area (Å²) in [6, 6.07) is 18.2. The van der Waals surface area contributed by atoms with Gasteiger partial charge in [-0.1, -0.05) is 43.0 Å². The maximum absolute atomic E-state index is 12.1. The number of aryl methyl sites for hydroxylation is 2. The van der Waals surface area contributed by atoms with Crippen molar-refractivity contribution in [3.8, 4) is 11.1 Å². The summed E-state index contributed by atoms with van der Waals surface area (Å²) in [4.78, 5) is 15.9. The molecule has 38 heavy (non-hydrogen) atoms. The molecule has 0 bridgehead atoms. The van der Waals surface area contributed by atoms with Crippen molar-refractivity contribution in [2.75, 3.05) is 26.2 Å². The Morgan fingerprint density at radius 2 is 1.68 bits per heavy atom. The monoisotopic (exact) mass is 504 g/mol. The Morgan fingerprint density at radius 1 is 0.974 bits per heavy atom. The Morgan fingerprint density at radius 3 is 2.39 bits per heavy atom. The predicted molar refractivity (Wildman–Crippen MR) is 153 cm³/mol. The fraction of sp³-hybridized carbons (Fsp3) is 0.226. The van der Waals surface area contributed by atoms with Crippen LogP contribution >= 0.6 is 0 Å². The van der Waals surface area contributed by atoms with E-state index in [1.807, 2.05) is 47.5 Å². The van der Waals surface area contributed by atoms with Crippen molar-refractivity contribution >= 4 is 28.4 Å². The number of fused-ring (bicyclic) bond motifs is 1. The predicted octanol–water partition coefficient (Wildman–Crippen LogP) is 5.11. The summed E-state index contributed by atoms with van der Waals surface area (Å²) < 4.78 is 0. The number of aromatic nitrogens is 2. The van der Waals surface area contributed by atoms with Crippen molar-refractivity contribution in [2.45, 2.75) is 20.3 Å². The third-order valence-electron chi connectivity index (χ3n) is 7.35. The van der Waals surface area contributed by atoms with Crippen molar-refractivity contribution < 1.29 is 4.79 Å². The molecule has 3 N–H and O–H groups in total. The Labute approximate surface area is 222 Å². The molecule has 7 nitrogen and oxygen atoms in total. The van der Waals surface area contributed by atoms with Gasteiger partial charge < -0.3 is 15.2 Å². The number of hydrogen-bond donors (Lipinski definition) is 3. The van der Waals surface area contributed by atoms with Crippen LogP contribution in [0, 0.1) is 24.7 Å². The number of nitrogens with zero attached hydrogens (tertiary/aromatic N) is 3. The van der Waals surface area contributed by atoms with Crippen molar-refractivity contribution in [1.29, 1.82) is 10.8 Å². The third kappa shape index (κ3) is 4.75. The van der Waals surface area contributed by atoms with Crippen LogP contribution in [0.1, 0.15) is 27.8 Å². The SMILES string of the molecule is C=CC(=O)N1CCN(C(=N)c2cc(-c3c(C)ccc4[nH]ncc34)c(C)cc2C(=N)Cc2ccccc2)CC1. The van der Waals surface area contributed by atoms with Crippen LogP contribution in [-0.2, 0) is 11.2 Å². The maximum Gasteiger partial charge on any atom is 0.246 e. The number of H-pyrrole nitrogens is 1. The number of rotatable bonds is 6. The molecule has 0 saturated carbocycles. The normalized spacial score (nSPS) is 13.5. The average Bonchev–Trinajstić information content (AvgIpc) is 3.42. The van der Waals surface area contributed by atoms with Gasteiger partial charge in [-0.15, -0.1) is 0 Å². The van der Waals surface area contributed by atoms with E-state index in [-0.39, 0.29) is 5.91 Å². The zero-order valence-corrected chi connectivity index (χ0v) is 21.8. The van der Waals surface area contributed by atoms with Crippen LogP contribution in [-0.4, -0.2) is 63.6 Å². The summed E-state index contributed by atoms with van der Waals surface area (Å²) in [7, 11) is 0. The maximum atomic E-state index is 12.1. The second-order valence-corrected chi connectivity index (χ2v) is 9.81. The minimum absolute atomic E-state index is 0.0807. The van der Waals surface area contributed by atoms with Crippen LogP contribution in [0.2, 0.25) is 0 Å². The summed E-state index contributed by atoms with van der Waals surface area (Å²) in [6.07, 6.45) is 3.68. The van der Waals surface area contributed by atoms with Gasteiger partial charge in [0.05, 0.1) is 11.7 Å². The molecule has 0 unspecified atom stereocenters. The van der Waals surface area contributed by atoms with Crippen LogP contribution in [0.25, 0.3) is 22.0 Å². The van der Waals surface area contributed by atoms with Gasteiger partial charge in [0.2, 0.25) is 5.91 Å². The molecule has 3 aromatic carbocycles. The van der Waals surface area contributed by atoms with Crippen molar-refractivity contribution in [3.05, 3.63) is 101 Å². The van der Waals surface area contributed by atoms with Crippen LogP contribution in [0.15, 0.2) is 73.4 Å².